The average Bonchev–Trinajstić information content (AvgIpc) is 3.19. The fourth-order valence-corrected chi connectivity index (χ4v) is 4.26. The van der Waals surface area contributed by atoms with Crippen molar-refractivity contribution in [2.45, 2.75) is 22.5 Å². The van der Waals surface area contributed by atoms with E-state index in [9.17, 15) is 0 Å². The first-order valence-electron chi connectivity index (χ1n) is 8.54. The molecule has 2 aromatic heterocycles. The van der Waals surface area contributed by atoms with Crippen molar-refractivity contribution in [2.75, 3.05) is 20.8 Å². The van der Waals surface area contributed by atoms with Crippen molar-refractivity contribution < 1.29 is 18.9 Å². The Morgan fingerprint density at radius 1 is 1.33 bits per heavy atom. The minimum absolute atomic E-state index is 0.180. The van der Waals surface area contributed by atoms with E-state index in [2.05, 4.69) is 43.2 Å². The number of hydrogen-bond acceptors (Lipinski definition) is 6. The van der Waals surface area contributed by atoms with Gasteiger partial charge in [0.05, 0.1) is 24.0 Å². The first kappa shape index (κ1) is 18.1. The van der Waals surface area contributed by atoms with Crippen LogP contribution in [0.15, 0.2) is 60.4 Å². The van der Waals surface area contributed by atoms with Crippen molar-refractivity contribution in [1.29, 1.82) is 0 Å². The van der Waals surface area contributed by atoms with Crippen molar-refractivity contribution in [3.05, 3.63) is 66.0 Å². The van der Waals surface area contributed by atoms with Gasteiger partial charge in [-0.15, -0.1) is 0 Å². The summed E-state index contributed by atoms with van der Waals surface area (Å²) in [5, 5.41) is 0. The molecule has 1 aliphatic carbocycles. The summed E-state index contributed by atoms with van der Waals surface area (Å²) in [6.45, 7) is 1.20. The molecule has 2 unspecified atom stereocenters. The third-order valence-electron chi connectivity index (χ3n) is 4.55. The number of methoxy groups -OCH3 is 2. The second-order valence-corrected chi connectivity index (χ2v) is 8.61. The Morgan fingerprint density at radius 3 is 2.89 bits per heavy atom. The van der Waals surface area contributed by atoms with E-state index in [-0.39, 0.29) is 9.53 Å². The van der Waals surface area contributed by atoms with Crippen LogP contribution in [0, 0.1) is 0 Å². The minimum atomic E-state index is -0.240. The Kier molecular flexibility index (Phi) is 4.98. The highest BCUT2D eigenvalue weighted by Crippen LogP contribution is 2.44. The van der Waals surface area contributed by atoms with Crippen molar-refractivity contribution in [3.8, 4) is 5.88 Å². The molecule has 7 nitrogen and oxygen atoms in total. The number of alkyl halides is 1. The Balaban J connectivity index is 1.55. The van der Waals surface area contributed by atoms with Crippen LogP contribution in [-0.4, -0.2) is 38.8 Å². The predicted molar refractivity (Wildman–Crippen MR) is 106 cm³/mol. The Morgan fingerprint density at radius 2 is 2.22 bits per heavy atom. The lowest BCUT2D eigenvalue weighted by atomic mass is 9.96. The zero-order chi connectivity index (χ0) is 18.9. The molecular weight excluding hydrogens is 461 g/mol. The first-order chi connectivity index (χ1) is 13.1. The van der Waals surface area contributed by atoms with E-state index >= 15 is 0 Å². The van der Waals surface area contributed by atoms with Gasteiger partial charge in [-0.1, -0.05) is 22.6 Å². The zero-order valence-corrected chi connectivity index (χ0v) is 17.3. The molecule has 3 heterocycles. The molecule has 0 amide bonds. The summed E-state index contributed by atoms with van der Waals surface area (Å²) in [6, 6.07) is 3.75. The number of pyridine rings is 1. The van der Waals surface area contributed by atoms with Gasteiger partial charge in [-0.05, 0) is 12.1 Å². The number of imidazole rings is 1. The van der Waals surface area contributed by atoms with E-state index < -0.39 is 0 Å². The lowest BCUT2D eigenvalue weighted by Gasteiger charge is -2.36. The van der Waals surface area contributed by atoms with E-state index in [1.165, 1.54) is 0 Å². The molecule has 0 bridgehead atoms. The highest BCUT2D eigenvalue weighted by atomic mass is 127. The topological polar surface area (TPSA) is 67.6 Å². The van der Waals surface area contributed by atoms with Crippen molar-refractivity contribution >= 4 is 22.6 Å². The molecule has 142 valence electrons. The number of aromatic nitrogens is 3. The van der Waals surface area contributed by atoms with E-state index in [1.807, 2.05) is 24.7 Å². The summed E-state index contributed by atoms with van der Waals surface area (Å²) in [6.07, 6.45) is 9.88. The van der Waals surface area contributed by atoms with Crippen LogP contribution in [0.4, 0.5) is 0 Å². The third-order valence-corrected chi connectivity index (χ3v) is 5.59. The third kappa shape index (κ3) is 3.76. The van der Waals surface area contributed by atoms with E-state index in [0.29, 0.717) is 24.0 Å². The smallest absolute Gasteiger partial charge is 0.212 e. The molecule has 0 N–H and O–H groups in total. The lowest BCUT2D eigenvalue weighted by Crippen LogP contribution is -2.33. The largest absolute Gasteiger partial charge is 0.493 e. The van der Waals surface area contributed by atoms with Crippen molar-refractivity contribution in [2.24, 2.45) is 0 Å². The van der Waals surface area contributed by atoms with Crippen LogP contribution in [0.2, 0.25) is 0 Å². The Labute approximate surface area is 171 Å². The van der Waals surface area contributed by atoms with Crippen LogP contribution in [-0.2, 0) is 20.8 Å². The number of rotatable bonds is 5. The molecule has 1 aliphatic heterocycles. The predicted octanol–water partition coefficient (Wildman–Crippen LogP) is 3.39. The molecule has 0 radical (unpaired) electrons. The van der Waals surface area contributed by atoms with Gasteiger partial charge < -0.3 is 23.5 Å². The monoisotopic (exact) mass is 481 g/mol. The van der Waals surface area contributed by atoms with Crippen LogP contribution in [0.25, 0.3) is 0 Å². The second-order valence-electron chi connectivity index (χ2n) is 6.46. The molecule has 8 heteroatoms. The van der Waals surface area contributed by atoms with E-state index in [1.54, 1.807) is 26.6 Å². The fraction of sp³-hybridized carbons (Fsp3) is 0.368. The van der Waals surface area contributed by atoms with Crippen LogP contribution in [0.3, 0.4) is 0 Å². The van der Waals surface area contributed by atoms with Gasteiger partial charge in [0.2, 0.25) is 5.88 Å². The zero-order valence-electron chi connectivity index (χ0n) is 15.1. The van der Waals surface area contributed by atoms with Crippen LogP contribution in [0.5, 0.6) is 5.88 Å². The summed E-state index contributed by atoms with van der Waals surface area (Å²) in [7, 11) is 3.25. The Hall–Kier alpha value is -2.23. The summed E-state index contributed by atoms with van der Waals surface area (Å²) >= 11 is 2.44. The molecule has 27 heavy (non-hydrogen) atoms. The first-order valence-corrected chi connectivity index (χ1v) is 9.62. The SMILES string of the molecule is COC1=CC(I)(Cn2ccnc2)CC2=C1OC(c1ccc(OC)nc1)CO2. The maximum atomic E-state index is 6.24. The number of nitrogens with zero attached hydrogens (tertiary/aromatic N) is 3. The lowest BCUT2D eigenvalue weighted by molar-refractivity contribution is -0.0171. The van der Waals surface area contributed by atoms with E-state index in [4.69, 9.17) is 18.9 Å². The van der Waals surface area contributed by atoms with Gasteiger partial charge in [0, 0.05) is 43.2 Å². The van der Waals surface area contributed by atoms with Gasteiger partial charge in [0.15, 0.2) is 17.6 Å². The second kappa shape index (κ2) is 7.41. The molecule has 2 aliphatic rings. The molecule has 0 aromatic carbocycles. The average molecular weight is 481 g/mol. The normalized spacial score (nSPS) is 24.4. The maximum absolute atomic E-state index is 6.24. The van der Waals surface area contributed by atoms with Gasteiger partial charge in [-0.2, -0.15) is 0 Å². The summed E-state index contributed by atoms with van der Waals surface area (Å²) in [5.74, 6) is 2.75. The molecule has 0 spiro atoms. The highest BCUT2D eigenvalue weighted by Gasteiger charge is 2.39. The number of halogens is 1. The van der Waals surface area contributed by atoms with Gasteiger partial charge >= 0.3 is 0 Å². The van der Waals surface area contributed by atoms with Crippen molar-refractivity contribution in [1.82, 2.24) is 14.5 Å². The minimum Gasteiger partial charge on any atom is -0.493 e. The molecule has 2 atom stereocenters. The molecule has 4 rings (SSSR count). The molecule has 0 saturated heterocycles. The molecular formula is C19H20IN3O4. The van der Waals surface area contributed by atoms with Crippen LogP contribution in [0.1, 0.15) is 18.1 Å². The van der Waals surface area contributed by atoms with Crippen LogP contribution >= 0.6 is 22.6 Å². The summed E-state index contributed by atoms with van der Waals surface area (Å²) in [5.41, 5.74) is 0.933. The molecule has 0 saturated carbocycles. The van der Waals surface area contributed by atoms with E-state index in [0.717, 1.165) is 24.3 Å². The number of hydrogen-bond donors (Lipinski definition) is 0. The fourth-order valence-electron chi connectivity index (χ4n) is 3.23. The summed E-state index contributed by atoms with van der Waals surface area (Å²) in [4.78, 5) is 8.37. The quantitative estimate of drug-likeness (QED) is 0.482. The number of ether oxygens (including phenoxy) is 4. The maximum Gasteiger partial charge on any atom is 0.212 e. The van der Waals surface area contributed by atoms with Gasteiger partial charge in [0.1, 0.15) is 12.4 Å². The van der Waals surface area contributed by atoms with Gasteiger partial charge in [-0.25, -0.2) is 9.97 Å². The standard InChI is InChI=1S/C19H20IN3O4/c1-24-14-7-19(20,11-23-6-5-21-12-23)8-15-18(14)27-16(10-26-15)13-3-4-17(25-2)22-9-13/h3-7,9,12,16H,8,10-11H2,1-2H3. The van der Waals surface area contributed by atoms with Gasteiger partial charge in [0.25, 0.3) is 0 Å². The molecule has 0 fully saturated rings. The summed E-state index contributed by atoms with van der Waals surface area (Å²) < 4.78 is 25.0. The highest BCUT2D eigenvalue weighted by molar-refractivity contribution is 14.1. The molecule has 2 aromatic rings. The number of allylic oxidation sites excluding steroid dienone is 2. The Bertz CT molecular complexity index is 864. The van der Waals surface area contributed by atoms with Crippen molar-refractivity contribution in [3.63, 3.8) is 0 Å². The van der Waals surface area contributed by atoms with Gasteiger partial charge in [-0.3, -0.25) is 0 Å². The van der Waals surface area contributed by atoms with Crippen LogP contribution < -0.4 is 4.74 Å².